The highest BCUT2D eigenvalue weighted by Crippen LogP contribution is 2.28. The summed E-state index contributed by atoms with van der Waals surface area (Å²) in [5.41, 5.74) is 1.92. The highest BCUT2D eigenvalue weighted by molar-refractivity contribution is 5.99. The Morgan fingerprint density at radius 1 is 1.12 bits per heavy atom. The number of rotatable bonds is 7. The van der Waals surface area contributed by atoms with E-state index in [4.69, 9.17) is 4.42 Å². The number of unbranched alkanes of at least 4 members (excludes halogenated alkanes) is 1. The average Bonchev–Trinajstić information content (AvgIpc) is 3.48. The zero-order valence-corrected chi connectivity index (χ0v) is 19.7. The van der Waals surface area contributed by atoms with Gasteiger partial charge in [-0.3, -0.25) is 9.59 Å². The lowest BCUT2D eigenvalue weighted by Crippen LogP contribution is -2.43. The molecule has 7 heteroatoms. The van der Waals surface area contributed by atoms with Crippen molar-refractivity contribution in [1.29, 1.82) is 0 Å². The second-order valence-electron chi connectivity index (χ2n) is 8.76. The molecule has 0 saturated carbocycles. The molecule has 0 aliphatic carbocycles. The summed E-state index contributed by atoms with van der Waals surface area (Å²) >= 11 is 0. The first-order chi connectivity index (χ1) is 16.0. The zero-order valence-electron chi connectivity index (χ0n) is 19.7. The maximum Gasteiger partial charge on any atom is 0.257 e. The van der Waals surface area contributed by atoms with Gasteiger partial charge in [0, 0.05) is 38.8 Å². The fourth-order valence-corrected chi connectivity index (χ4v) is 4.30. The Kier molecular flexibility index (Phi) is 6.96. The first-order valence-corrected chi connectivity index (χ1v) is 11.7. The number of piperidine rings is 1. The van der Waals surface area contributed by atoms with Crippen molar-refractivity contribution in [2.45, 2.75) is 39.5 Å². The van der Waals surface area contributed by atoms with E-state index in [9.17, 15) is 9.59 Å². The second-order valence-corrected chi connectivity index (χ2v) is 8.76. The Bertz CT molecular complexity index is 1090. The molecule has 1 saturated heterocycles. The predicted octanol–water partition coefficient (Wildman–Crippen LogP) is 4.55. The van der Waals surface area contributed by atoms with Gasteiger partial charge in [-0.2, -0.15) is 5.10 Å². The van der Waals surface area contributed by atoms with Gasteiger partial charge in [0.25, 0.3) is 5.91 Å². The van der Waals surface area contributed by atoms with E-state index in [1.54, 1.807) is 10.9 Å². The Morgan fingerprint density at radius 3 is 2.48 bits per heavy atom. The van der Waals surface area contributed by atoms with Crippen molar-refractivity contribution < 1.29 is 14.0 Å². The van der Waals surface area contributed by atoms with E-state index in [-0.39, 0.29) is 17.7 Å². The second kappa shape index (κ2) is 10.1. The molecule has 3 aromatic rings. The van der Waals surface area contributed by atoms with Gasteiger partial charge in [0.05, 0.1) is 11.3 Å². The fourth-order valence-electron chi connectivity index (χ4n) is 4.30. The highest BCUT2D eigenvalue weighted by Gasteiger charge is 2.31. The van der Waals surface area contributed by atoms with Crippen molar-refractivity contribution >= 4 is 11.8 Å². The number of benzene rings is 1. The van der Waals surface area contributed by atoms with Crippen LogP contribution in [-0.4, -0.2) is 58.1 Å². The van der Waals surface area contributed by atoms with Crippen LogP contribution in [0.3, 0.4) is 0 Å². The molecule has 4 rings (SSSR count). The number of hydrogen-bond acceptors (Lipinski definition) is 4. The summed E-state index contributed by atoms with van der Waals surface area (Å²) in [6, 6.07) is 13.4. The Morgan fingerprint density at radius 2 is 1.85 bits per heavy atom. The molecule has 0 radical (unpaired) electrons. The lowest BCUT2D eigenvalue weighted by Gasteiger charge is -2.33. The molecule has 7 nitrogen and oxygen atoms in total. The van der Waals surface area contributed by atoms with Crippen molar-refractivity contribution in [2.75, 3.05) is 26.7 Å². The Labute approximate surface area is 195 Å². The van der Waals surface area contributed by atoms with Gasteiger partial charge >= 0.3 is 0 Å². The average molecular weight is 449 g/mol. The Hall–Kier alpha value is -3.35. The van der Waals surface area contributed by atoms with Gasteiger partial charge in [-0.1, -0.05) is 31.5 Å². The van der Waals surface area contributed by atoms with Gasteiger partial charge in [-0.25, -0.2) is 4.68 Å². The van der Waals surface area contributed by atoms with E-state index < -0.39 is 0 Å². The third-order valence-electron chi connectivity index (χ3n) is 6.29. The lowest BCUT2D eigenvalue weighted by molar-refractivity contribution is -0.135. The number of para-hydroxylation sites is 1. The summed E-state index contributed by atoms with van der Waals surface area (Å²) in [4.78, 5) is 30.0. The van der Waals surface area contributed by atoms with Crippen LogP contribution in [0.25, 0.3) is 17.1 Å². The minimum atomic E-state index is -0.0773. The maximum absolute atomic E-state index is 13.5. The molecule has 0 atom stereocenters. The zero-order chi connectivity index (χ0) is 23.4. The molecule has 0 bridgehead atoms. The molecule has 2 amide bonds. The van der Waals surface area contributed by atoms with Crippen molar-refractivity contribution in [3.05, 3.63) is 60.0 Å². The van der Waals surface area contributed by atoms with E-state index >= 15 is 0 Å². The number of aryl methyl sites for hydroxylation is 1. The summed E-state index contributed by atoms with van der Waals surface area (Å²) < 4.78 is 7.53. The standard InChI is InChI=1S/C26H32N4O3/c1-4-5-15-28(3)25(31)20-13-16-29(17-14-20)26(32)22-18-30(21-9-7-6-8-10-21)27-24(22)23-12-11-19(2)33-23/h6-12,18,20H,4-5,13-17H2,1-3H3. The first-order valence-electron chi connectivity index (χ1n) is 11.7. The summed E-state index contributed by atoms with van der Waals surface area (Å²) in [6.07, 6.45) is 5.23. The predicted molar refractivity (Wildman–Crippen MR) is 127 cm³/mol. The van der Waals surface area contributed by atoms with Gasteiger partial charge in [-0.05, 0) is 50.5 Å². The van der Waals surface area contributed by atoms with E-state index in [0.717, 1.165) is 30.8 Å². The topological polar surface area (TPSA) is 71.6 Å². The number of aromatic nitrogens is 2. The molecule has 174 valence electrons. The van der Waals surface area contributed by atoms with E-state index in [1.165, 1.54) is 0 Å². The molecule has 2 aromatic heterocycles. The minimum Gasteiger partial charge on any atom is -0.460 e. The van der Waals surface area contributed by atoms with Gasteiger partial charge in [0.15, 0.2) is 5.76 Å². The van der Waals surface area contributed by atoms with Crippen LogP contribution in [0.2, 0.25) is 0 Å². The van der Waals surface area contributed by atoms with Crippen LogP contribution in [0.15, 0.2) is 53.1 Å². The normalized spacial score (nSPS) is 14.5. The molecule has 0 unspecified atom stereocenters. The summed E-state index contributed by atoms with van der Waals surface area (Å²) in [6.45, 7) is 5.91. The van der Waals surface area contributed by atoms with Gasteiger partial charge in [0.1, 0.15) is 11.5 Å². The summed E-state index contributed by atoms with van der Waals surface area (Å²) in [5, 5.41) is 4.69. The monoisotopic (exact) mass is 448 g/mol. The number of carbonyl (C=O) groups is 2. The van der Waals surface area contributed by atoms with Crippen LogP contribution in [0.5, 0.6) is 0 Å². The van der Waals surface area contributed by atoms with E-state index in [0.29, 0.717) is 42.9 Å². The van der Waals surface area contributed by atoms with E-state index in [1.807, 2.05) is 66.2 Å². The molecule has 0 N–H and O–H groups in total. The van der Waals surface area contributed by atoms with E-state index in [2.05, 4.69) is 12.0 Å². The van der Waals surface area contributed by atoms with Crippen LogP contribution in [0, 0.1) is 12.8 Å². The largest absolute Gasteiger partial charge is 0.460 e. The molecule has 1 aliphatic rings. The molecular formula is C26H32N4O3. The molecule has 33 heavy (non-hydrogen) atoms. The lowest BCUT2D eigenvalue weighted by atomic mass is 9.94. The quantitative estimate of drug-likeness (QED) is 0.532. The van der Waals surface area contributed by atoms with Gasteiger partial charge < -0.3 is 14.2 Å². The smallest absolute Gasteiger partial charge is 0.257 e. The number of hydrogen-bond donors (Lipinski definition) is 0. The van der Waals surface area contributed by atoms with Gasteiger partial charge in [-0.15, -0.1) is 0 Å². The van der Waals surface area contributed by atoms with Crippen molar-refractivity contribution in [2.24, 2.45) is 5.92 Å². The summed E-state index contributed by atoms with van der Waals surface area (Å²) in [7, 11) is 1.88. The molecule has 1 fully saturated rings. The van der Waals surface area contributed by atoms with Crippen LogP contribution < -0.4 is 0 Å². The fraction of sp³-hybridized carbons (Fsp3) is 0.423. The van der Waals surface area contributed by atoms with Crippen molar-refractivity contribution in [3.63, 3.8) is 0 Å². The third-order valence-corrected chi connectivity index (χ3v) is 6.29. The van der Waals surface area contributed by atoms with Gasteiger partial charge in [0.2, 0.25) is 5.91 Å². The third kappa shape index (κ3) is 5.02. The Balaban J connectivity index is 1.52. The SMILES string of the molecule is CCCCN(C)C(=O)C1CCN(C(=O)c2cn(-c3ccccc3)nc2-c2ccc(C)o2)CC1. The van der Waals surface area contributed by atoms with Crippen LogP contribution in [-0.2, 0) is 4.79 Å². The van der Waals surface area contributed by atoms with Crippen LogP contribution in [0.4, 0.5) is 0 Å². The maximum atomic E-state index is 13.5. The molecule has 0 spiro atoms. The molecule has 1 aromatic carbocycles. The molecule has 3 heterocycles. The molecule has 1 aliphatic heterocycles. The number of carbonyl (C=O) groups excluding carboxylic acids is 2. The number of nitrogens with zero attached hydrogens (tertiary/aromatic N) is 4. The minimum absolute atomic E-state index is 0.0184. The van der Waals surface area contributed by atoms with Crippen molar-refractivity contribution in [1.82, 2.24) is 19.6 Å². The van der Waals surface area contributed by atoms with Crippen LogP contribution >= 0.6 is 0 Å². The number of furan rings is 1. The van der Waals surface area contributed by atoms with Crippen LogP contribution in [0.1, 0.15) is 48.7 Å². The molecular weight excluding hydrogens is 416 g/mol. The highest BCUT2D eigenvalue weighted by atomic mass is 16.3. The number of amides is 2. The first kappa shape index (κ1) is 22.8. The number of likely N-dealkylation sites (tertiary alicyclic amines) is 1. The van der Waals surface area contributed by atoms with Crippen molar-refractivity contribution in [3.8, 4) is 17.1 Å². The summed E-state index contributed by atoms with van der Waals surface area (Å²) in [5.74, 6) is 1.44.